The molecule has 0 spiro atoms. The largest absolute Gasteiger partial charge is 0.493 e. The van der Waals surface area contributed by atoms with E-state index in [-0.39, 0.29) is 18.0 Å². The van der Waals surface area contributed by atoms with Crippen LogP contribution in [0.2, 0.25) is 0 Å². The molecule has 2 atom stereocenters. The summed E-state index contributed by atoms with van der Waals surface area (Å²) < 4.78 is 17.1. The van der Waals surface area contributed by atoms with Crippen molar-refractivity contribution in [2.45, 2.75) is 51.2 Å². The highest BCUT2D eigenvalue weighted by atomic mass is 16.5. The van der Waals surface area contributed by atoms with Crippen LogP contribution < -0.4 is 9.47 Å². The van der Waals surface area contributed by atoms with E-state index in [9.17, 15) is 14.7 Å². The van der Waals surface area contributed by atoms with Gasteiger partial charge in [-0.1, -0.05) is 19.1 Å². The Morgan fingerprint density at radius 1 is 1.16 bits per heavy atom. The molecule has 32 heavy (non-hydrogen) atoms. The summed E-state index contributed by atoms with van der Waals surface area (Å²) in [6.07, 6.45) is 4.20. The second-order valence-corrected chi connectivity index (χ2v) is 9.35. The molecule has 2 aliphatic carbocycles. The molecule has 3 aliphatic rings. The number of esters is 1. The Labute approximate surface area is 187 Å². The second kappa shape index (κ2) is 8.49. The molecule has 1 aliphatic heterocycles. The molecule has 6 heteroatoms. The first-order valence-corrected chi connectivity index (χ1v) is 11.4. The average molecular weight is 437 g/mol. The Morgan fingerprint density at radius 3 is 2.72 bits per heavy atom. The molecule has 2 aromatic carbocycles. The molecule has 0 saturated heterocycles. The molecular weight excluding hydrogens is 408 g/mol. The van der Waals surface area contributed by atoms with Gasteiger partial charge >= 0.3 is 11.9 Å². The van der Waals surface area contributed by atoms with Crippen molar-refractivity contribution >= 4 is 11.9 Å². The van der Waals surface area contributed by atoms with Crippen molar-refractivity contribution in [3.8, 4) is 11.5 Å². The predicted octanol–water partition coefficient (Wildman–Crippen LogP) is 4.81. The van der Waals surface area contributed by atoms with E-state index in [0.717, 1.165) is 48.3 Å². The van der Waals surface area contributed by atoms with Gasteiger partial charge in [-0.25, -0.2) is 4.79 Å². The van der Waals surface area contributed by atoms with Crippen LogP contribution in [0.15, 0.2) is 42.5 Å². The lowest BCUT2D eigenvalue weighted by atomic mass is 9.82. The normalized spacial score (nSPS) is 23.5. The second-order valence-electron chi connectivity index (χ2n) is 9.35. The number of rotatable bonds is 9. The third-order valence-corrected chi connectivity index (χ3v) is 6.94. The number of fused-ring (bicyclic) bond motifs is 1. The maximum Gasteiger partial charge on any atom is 0.338 e. The molecule has 1 N–H and O–H groups in total. The van der Waals surface area contributed by atoms with Crippen LogP contribution in [0.3, 0.4) is 0 Å². The highest BCUT2D eigenvalue weighted by molar-refractivity contribution is 5.93. The molecule has 168 valence electrons. The van der Waals surface area contributed by atoms with Crippen LogP contribution in [0.1, 0.15) is 60.0 Å². The minimum atomic E-state index is -0.740. The van der Waals surface area contributed by atoms with E-state index < -0.39 is 11.9 Å². The molecule has 1 heterocycles. The number of hydrogen-bond acceptors (Lipinski definition) is 5. The lowest BCUT2D eigenvalue weighted by Crippen LogP contribution is -2.37. The van der Waals surface area contributed by atoms with Crippen LogP contribution in [0.25, 0.3) is 0 Å². The molecule has 0 aromatic heterocycles. The van der Waals surface area contributed by atoms with Gasteiger partial charge in [0.15, 0.2) is 0 Å². The summed E-state index contributed by atoms with van der Waals surface area (Å²) in [6, 6.07) is 13.4. The number of hydrogen-bond donors (Lipinski definition) is 1. The van der Waals surface area contributed by atoms with E-state index >= 15 is 0 Å². The average Bonchev–Trinajstić information content (AvgIpc) is 3.52. The fourth-order valence-electron chi connectivity index (χ4n) is 4.89. The van der Waals surface area contributed by atoms with E-state index in [1.54, 1.807) is 13.0 Å². The van der Waals surface area contributed by atoms with Gasteiger partial charge in [-0.3, -0.25) is 4.79 Å². The number of cyclic esters (lactones) is 1. The van der Waals surface area contributed by atoms with Crippen molar-refractivity contribution in [3.63, 3.8) is 0 Å². The maximum atomic E-state index is 11.6. The SMILES string of the molecule is CC(C(=O)O)C(c1cccc(OCC2CC(Oc3ccc4c(c3)COC4=O)C2)c1)C1CC1. The first-order chi connectivity index (χ1) is 15.5. The van der Waals surface area contributed by atoms with Crippen LogP contribution in [0.4, 0.5) is 0 Å². The quantitative estimate of drug-likeness (QED) is 0.568. The number of benzene rings is 2. The van der Waals surface area contributed by atoms with Gasteiger partial charge in [-0.15, -0.1) is 0 Å². The monoisotopic (exact) mass is 436 g/mol. The van der Waals surface area contributed by atoms with E-state index in [4.69, 9.17) is 14.2 Å². The van der Waals surface area contributed by atoms with Crippen LogP contribution in [-0.2, 0) is 16.1 Å². The van der Waals surface area contributed by atoms with Gasteiger partial charge in [0.2, 0.25) is 0 Å². The van der Waals surface area contributed by atoms with Crippen molar-refractivity contribution in [2.24, 2.45) is 17.8 Å². The predicted molar refractivity (Wildman–Crippen MR) is 117 cm³/mol. The summed E-state index contributed by atoms with van der Waals surface area (Å²) in [5, 5.41) is 9.50. The molecule has 0 bridgehead atoms. The highest BCUT2D eigenvalue weighted by Crippen LogP contribution is 2.47. The van der Waals surface area contributed by atoms with Crippen LogP contribution >= 0.6 is 0 Å². The zero-order valence-electron chi connectivity index (χ0n) is 18.2. The van der Waals surface area contributed by atoms with Crippen LogP contribution in [-0.4, -0.2) is 29.8 Å². The molecule has 0 radical (unpaired) electrons. The third kappa shape index (κ3) is 4.31. The zero-order valence-corrected chi connectivity index (χ0v) is 18.2. The van der Waals surface area contributed by atoms with Crippen molar-refractivity contribution < 1.29 is 28.9 Å². The summed E-state index contributed by atoms with van der Waals surface area (Å²) in [7, 11) is 0. The first-order valence-electron chi connectivity index (χ1n) is 11.4. The van der Waals surface area contributed by atoms with Gasteiger partial charge in [0.1, 0.15) is 18.1 Å². The van der Waals surface area contributed by atoms with E-state index in [2.05, 4.69) is 0 Å². The highest BCUT2D eigenvalue weighted by Gasteiger charge is 2.39. The molecule has 6 nitrogen and oxygen atoms in total. The van der Waals surface area contributed by atoms with Crippen molar-refractivity contribution in [3.05, 3.63) is 59.2 Å². The van der Waals surface area contributed by atoms with Gasteiger partial charge in [0, 0.05) is 5.56 Å². The molecule has 2 saturated carbocycles. The van der Waals surface area contributed by atoms with Gasteiger partial charge in [0.25, 0.3) is 0 Å². The standard InChI is InChI=1S/C26H28O6/c1-15(25(27)28)24(17-5-6-17)18-3-2-4-20(11-18)30-13-16-9-22(10-16)32-21-7-8-23-19(12-21)14-31-26(23)29/h2-4,7-8,11-12,15-17,22,24H,5-6,9-10,13-14H2,1H3,(H,27,28). The number of aliphatic carboxylic acids is 1. The minimum absolute atomic E-state index is 0.0468. The van der Waals surface area contributed by atoms with Crippen LogP contribution in [0.5, 0.6) is 11.5 Å². The summed E-state index contributed by atoms with van der Waals surface area (Å²) in [5.74, 6) is 1.12. The minimum Gasteiger partial charge on any atom is -0.493 e. The number of carbonyl (C=O) groups is 2. The summed E-state index contributed by atoms with van der Waals surface area (Å²) in [6.45, 7) is 2.75. The smallest absolute Gasteiger partial charge is 0.338 e. The fourth-order valence-corrected chi connectivity index (χ4v) is 4.89. The molecule has 2 aromatic rings. The maximum absolute atomic E-state index is 11.6. The van der Waals surface area contributed by atoms with Gasteiger partial charge in [0.05, 0.1) is 24.2 Å². The van der Waals surface area contributed by atoms with Gasteiger partial charge < -0.3 is 19.3 Å². The molecular formula is C26H28O6. The van der Waals surface area contributed by atoms with E-state index in [0.29, 0.717) is 30.6 Å². The Bertz CT molecular complexity index is 1020. The Hall–Kier alpha value is -3.02. The van der Waals surface area contributed by atoms with Gasteiger partial charge in [-0.2, -0.15) is 0 Å². The number of carboxylic acid groups (broad SMARTS) is 1. The Morgan fingerprint density at radius 2 is 1.97 bits per heavy atom. The third-order valence-electron chi connectivity index (χ3n) is 6.94. The van der Waals surface area contributed by atoms with Crippen molar-refractivity contribution in [1.29, 1.82) is 0 Å². The Balaban J connectivity index is 1.12. The summed E-state index contributed by atoms with van der Waals surface area (Å²) in [5.41, 5.74) is 2.57. The van der Waals surface area contributed by atoms with Crippen molar-refractivity contribution in [1.82, 2.24) is 0 Å². The number of carbonyl (C=O) groups excluding carboxylic acids is 1. The molecule has 2 unspecified atom stereocenters. The zero-order chi connectivity index (χ0) is 22.2. The fraction of sp³-hybridized carbons (Fsp3) is 0.462. The topological polar surface area (TPSA) is 82.1 Å². The van der Waals surface area contributed by atoms with E-state index in [1.807, 2.05) is 36.4 Å². The molecule has 2 fully saturated rings. The van der Waals surface area contributed by atoms with E-state index in [1.165, 1.54) is 0 Å². The van der Waals surface area contributed by atoms with Gasteiger partial charge in [-0.05, 0) is 79.3 Å². The Kier molecular flexibility index (Phi) is 5.53. The number of carboxylic acids is 1. The van der Waals surface area contributed by atoms with Crippen LogP contribution in [0, 0.1) is 17.8 Å². The summed E-state index contributed by atoms with van der Waals surface area (Å²) in [4.78, 5) is 23.1. The lowest BCUT2D eigenvalue weighted by molar-refractivity contribution is -0.142. The van der Waals surface area contributed by atoms with Crippen molar-refractivity contribution in [2.75, 3.05) is 6.61 Å². The molecule has 0 amide bonds. The first kappa shape index (κ1) is 20.9. The molecule has 5 rings (SSSR count). The lowest BCUT2D eigenvalue weighted by Gasteiger charge is -2.35. The number of ether oxygens (including phenoxy) is 3. The summed E-state index contributed by atoms with van der Waals surface area (Å²) >= 11 is 0.